The summed E-state index contributed by atoms with van der Waals surface area (Å²) >= 11 is 3.46. The van der Waals surface area contributed by atoms with Gasteiger partial charge >= 0.3 is 0 Å². The first kappa shape index (κ1) is 9.83. The summed E-state index contributed by atoms with van der Waals surface area (Å²) in [4.78, 5) is 6.89. The molecule has 0 radical (unpaired) electrons. The number of rotatable bonds is 3. The fourth-order valence-electron chi connectivity index (χ4n) is 1.23. The molecule has 74 valence electrons. The van der Waals surface area contributed by atoms with Crippen molar-refractivity contribution in [1.29, 1.82) is 0 Å². The summed E-state index contributed by atoms with van der Waals surface area (Å²) in [6, 6.07) is 4.36. The second kappa shape index (κ2) is 4.21. The SMILES string of the molecule is CC(N)Cc1cnc(-c2cccs2)s1. The number of nitrogens with two attached hydrogens (primary N) is 1. The van der Waals surface area contributed by atoms with E-state index in [0.717, 1.165) is 11.4 Å². The van der Waals surface area contributed by atoms with Crippen molar-refractivity contribution in [2.45, 2.75) is 19.4 Å². The molecule has 0 saturated carbocycles. The molecule has 0 aliphatic rings. The summed E-state index contributed by atoms with van der Waals surface area (Å²) in [5.74, 6) is 0. The van der Waals surface area contributed by atoms with Crippen LogP contribution in [0.25, 0.3) is 9.88 Å². The molecule has 1 atom stereocenters. The summed E-state index contributed by atoms with van der Waals surface area (Å²) in [7, 11) is 0. The Morgan fingerprint density at radius 1 is 1.57 bits per heavy atom. The van der Waals surface area contributed by atoms with Gasteiger partial charge in [0, 0.05) is 17.1 Å². The van der Waals surface area contributed by atoms with Crippen LogP contribution in [-0.4, -0.2) is 11.0 Å². The highest BCUT2D eigenvalue weighted by atomic mass is 32.1. The maximum Gasteiger partial charge on any atom is 0.133 e. The summed E-state index contributed by atoms with van der Waals surface area (Å²) in [5, 5.41) is 3.18. The third-order valence-corrected chi connectivity index (χ3v) is 3.87. The predicted molar refractivity (Wildman–Crippen MR) is 62.8 cm³/mol. The van der Waals surface area contributed by atoms with E-state index in [2.05, 4.69) is 16.4 Å². The van der Waals surface area contributed by atoms with Gasteiger partial charge in [-0.2, -0.15) is 0 Å². The standard InChI is InChI=1S/C10H12N2S2/c1-7(11)5-8-6-12-10(14-8)9-3-2-4-13-9/h2-4,6-7H,5,11H2,1H3. The van der Waals surface area contributed by atoms with Gasteiger partial charge < -0.3 is 5.73 Å². The monoisotopic (exact) mass is 224 g/mol. The molecule has 2 aromatic rings. The predicted octanol–water partition coefficient (Wildman–Crippen LogP) is 2.76. The lowest BCUT2D eigenvalue weighted by molar-refractivity contribution is 0.745. The number of hydrogen-bond acceptors (Lipinski definition) is 4. The highest BCUT2D eigenvalue weighted by Gasteiger charge is 2.06. The van der Waals surface area contributed by atoms with Gasteiger partial charge in [-0.1, -0.05) is 6.07 Å². The van der Waals surface area contributed by atoms with Crippen LogP contribution in [0.2, 0.25) is 0 Å². The maximum absolute atomic E-state index is 5.73. The van der Waals surface area contributed by atoms with Gasteiger partial charge in [-0.3, -0.25) is 0 Å². The van der Waals surface area contributed by atoms with E-state index in [1.54, 1.807) is 22.7 Å². The zero-order chi connectivity index (χ0) is 9.97. The fraction of sp³-hybridized carbons (Fsp3) is 0.300. The van der Waals surface area contributed by atoms with Crippen molar-refractivity contribution in [2.24, 2.45) is 5.73 Å². The summed E-state index contributed by atoms with van der Waals surface area (Å²) in [5.41, 5.74) is 5.73. The van der Waals surface area contributed by atoms with Gasteiger partial charge in [0.2, 0.25) is 0 Å². The normalized spacial score (nSPS) is 13.0. The van der Waals surface area contributed by atoms with Crippen LogP contribution >= 0.6 is 22.7 Å². The van der Waals surface area contributed by atoms with Crippen LogP contribution in [-0.2, 0) is 6.42 Å². The van der Waals surface area contributed by atoms with Crippen molar-refractivity contribution >= 4 is 22.7 Å². The molecule has 14 heavy (non-hydrogen) atoms. The number of thiophene rings is 1. The molecule has 0 bridgehead atoms. The number of thiazole rings is 1. The summed E-state index contributed by atoms with van der Waals surface area (Å²) in [6.45, 7) is 2.02. The minimum Gasteiger partial charge on any atom is -0.328 e. The Morgan fingerprint density at radius 3 is 3.07 bits per heavy atom. The van der Waals surface area contributed by atoms with Gasteiger partial charge in [-0.05, 0) is 24.8 Å². The van der Waals surface area contributed by atoms with Crippen molar-refractivity contribution in [2.75, 3.05) is 0 Å². The van der Waals surface area contributed by atoms with Crippen LogP contribution < -0.4 is 5.73 Å². The fourth-order valence-corrected chi connectivity index (χ4v) is 3.09. The van der Waals surface area contributed by atoms with E-state index in [1.807, 2.05) is 19.2 Å². The molecule has 2 rings (SSSR count). The Morgan fingerprint density at radius 2 is 2.43 bits per heavy atom. The molecule has 2 heterocycles. The molecule has 2 nitrogen and oxygen atoms in total. The number of nitrogens with zero attached hydrogens (tertiary/aromatic N) is 1. The van der Waals surface area contributed by atoms with Crippen molar-refractivity contribution in [3.63, 3.8) is 0 Å². The molecule has 0 aliphatic heterocycles. The van der Waals surface area contributed by atoms with Gasteiger partial charge in [0.05, 0.1) is 4.88 Å². The van der Waals surface area contributed by atoms with E-state index in [-0.39, 0.29) is 6.04 Å². The van der Waals surface area contributed by atoms with Crippen LogP contribution in [0.1, 0.15) is 11.8 Å². The first-order valence-electron chi connectivity index (χ1n) is 4.50. The topological polar surface area (TPSA) is 38.9 Å². The molecule has 0 fully saturated rings. The largest absolute Gasteiger partial charge is 0.328 e. The molecule has 0 amide bonds. The average Bonchev–Trinajstić information content (AvgIpc) is 2.69. The summed E-state index contributed by atoms with van der Waals surface area (Å²) in [6.07, 6.45) is 2.85. The van der Waals surface area contributed by atoms with E-state index in [0.29, 0.717) is 0 Å². The van der Waals surface area contributed by atoms with Crippen LogP contribution in [0, 0.1) is 0 Å². The van der Waals surface area contributed by atoms with E-state index < -0.39 is 0 Å². The van der Waals surface area contributed by atoms with E-state index >= 15 is 0 Å². The third kappa shape index (κ3) is 2.20. The van der Waals surface area contributed by atoms with Crippen molar-refractivity contribution in [1.82, 2.24) is 4.98 Å². The van der Waals surface area contributed by atoms with E-state index in [1.165, 1.54) is 9.75 Å². The highest BCUT2D eigenvalue weighted by Crippen LogP contribution is 2.29. The molecular formula is C10H12N2S2. The van der Waals surface area contributed by atoms with Crippen LogP contribution in [0.5, 0.6) is 0 Å². The summed E-state index contributed by atoms with van der Waals surface area (Å²) < 4.78 is 0. The van der Waals surface area contributed by atoms with Gasteiger partial charge in [0.25, 0.3) is 0 Å². The molecule has 0 aliphatic carbocycles. The first-order chi connectivity index (χ1) is 6.75. The van der Waals surface area contributed by atoms with Crippen molar-refractivity contribution in [3.8, 4) is 9.88 Å². The Balaban J connectivity index is 2.18. The second-order valence-electron chi connectivity index (χ2n) is 3.29. The average molecular weight is 224 g/mol. The van der Waals surface area contributed by atoms with Crippen LogP contribution in [0.4, 0.5) is 0 Å². The minimum absolute atomic E-state index is 0.214. The van der Waals surface area contributed by atoms with E-state index in [4.69, 9.17) is 5.73 Å². The Labute approximate surface area is 91.4 Å². The number of aromatic nitrogens is 1. The highest BCUT2D eigenvalue weighted by molar-refractivity contribution is 7.20. The van der Waals surface area contributed by atoms with Gasteiger partial charge in [-0.15, -0.1) is 22.7 Å². The van der Waals surface area contributed by atoms with Crippen molar-refractivity contribution in [3.05, 3.63) is 28.6 Å². The van der Waals surface area contributed by atoms with Gasteiger partial charge in [0.1, 0.15) is 5.01 Å². The minimum atomic E-state index is 0.214. The first-order valence-corrected chi connectivity index (χ1v) is 6.19. The maximum atomic E-state index is 5.73. The molecular weight excluding hydrogens is 212 g/mol. The molecule has 4 heteroatoms. The van der Waals surface area contributed by atoms with Crippen LogP contribution in [0.15, 0.2) is 23.7 Å². The lowest BCUT2D eigenvalue weighted by Crippen LogP contribution is -2.16. The second-order valence-corrected chi connectivity index (χ2v) is 5.35. The molecule has 0 saturated heterocycles. The zero-order valence-electron chi connectivity index (χ0n) is 7.93. The van der Waals surface area contributed by atoms with Gasteiger partial charge in [-0.25, -0.2) is 4.98 Å². The third-order valence-electron chi connectivity index (χ3n) is 1.81. The smallest absolute Gasteiger partial charge is 0.133 e. The zero-order valence-corrected chi connectivity index (χ0v) is 9.57. The lowest BCUT2D eigenvalue weighted by Gasteiger charge is -1.98. The molecule has 2 N–H and O–H groups in total. The van der Waals surface area contributed by atoms with Crippen LogP contribution in [0.3, 0.4) is 0 Å². The van der Waals surface area contributed by atoms with Gasteiger partial charge in [0.15, 0.2) is 0 Å². The Bertz CT molecular complexity index is 390. The molecule has 1 unspecified atom stereocenters. The molecule has 0 aromatic carbocycles. The lowest BCUT2D eigenvalue weighted by atomic mass is 10.2. The van der Waals surface area contributed by atoms with E-state index in [9.17, 15) is 0 Å². The quantitative estimate of drug-likeness (QED) is 0.870. The van der Waals surface area contributed by atoms with Crippen molar-refractivity contribution < 1.29 is 0 Å². The molecule has 2 aromatic heterocycles. The molecule has 0 spiro atoms. The Kier molecular flexibility index (Phi) is 2.96. The number of hydrogen-bond donors (Lipinski definition) is 1. The Hall–Kier alpha value is -0.710.